The van der Waals surface area contributed by atoms with E-state index in [0.717, 1.165) is 20.4 Å². The van der Waals surface area contributed by atoms with Crippen molar-refractivity contribution in [3.63, 3.8) is 0 Å². The summed E-state index contributed by atoms with van der Waals surface area (Å²) in [5, 5.41) is 1.56. The predicted octanol–water partition coefficient (Wildman–Crippen LogP) is 7.60. The van der Waals surface area contributed by atoms with Crippen LogP contribution in [0.15, 0.2) is 83.3 Å². The average molecular weight is 463 g/mol. The fourth-order valence-electron chi connectivity index (χ4n) is 2.59. The van der Waals surface area contributed by atoms with Crippen LogP contribution in [0.2, 0.25) is 5.02 Å². The van der Waals surface area contributed by atoms with Crippen molar-refractivity contribution in [3.8, 4) is 11.1 Å². The SMILES string of the molecule is Clc1ccc(/C(=C/CBr)c2ccc(-c3ccc(Br)cc3)cc2)cc1. The standard InChI is InChI=1S/C21H15Br2Cl/c22-14-13-21(18-7-11-20(24)12-8-18)17-3-1-15(2-4-17)16-5-9-19(23)10-6-16/h1-13H,14H2/b21-13+. The van der Waals surface area contributed by atoms with Gasteiger partial charge in [-0.3, -0.25) is 0 Å². The second kappa shape index (κ2) is 8.15. The summed E-state index contributed by atoms with van der Waals surface area (Å²) in [5.41, 5.74) is 5.97. The van der Waals surface area contributed by atoms with Gasteiger partial charge in [-0.15, -0.1) is 0 Å². The monoisotopic (exact) mass is 460 g/mol. The van der Waals surface area contributed by atoms with Crippen LogP contribution >= 0.6 is 43.5 Å². The van der Waals surface area contributed by atoms with Gasteiger partial charge in [0, 0.05) is 14.8 Å². The molecule has 3 rings (SSSR count). The average Bonchev–Trinajstić information content (AvgIpc) is 2.62. The number of hydrogen-bond acceptors (Lipinski definition) is 0. The van der Waals surface area contributed by atoms with Crippen LogP contribution in [0.4, 0.5) is 0 Å². The molecule has 0 atom stereocenters. The Morgan fingerprint density at radius 1 is 0.750 bits per heavy atom. The minimum atomic E-state index is 0.752. The third-order valence-electron chi connectivity index (χ3n) is 3.81. The van der Waals surface area contributed by atoms with Crippen LogP contribution in [0, 0.1) is 0 Å². The Labute approximate surface area is 164 Å². The van der Waals surface area contributed by atoms with Crippen LogP contribution in [0.1, 0.15) is 11.1 Å². The van der Waals surface area contributed by atoms with Crippen molar-refractivity contribution in [1.29, 1.82) is 0 Å². The maximum Gasteiger partial charge on any atom is 0.0406 e. The van der Waals surface area contributed by atoms with Gasteiger partial charge in [0.15, 0.2) is 0 Å². The Hall–Kier alpha value is -1.35. The Morgan fingerprint density at radius 3 is 1.71 bits per heavy atom. The second-order valence-corrected chi connectivity index (χ2v) is 7.36. The molecule has 0 spiro atoms. The molecule has 0 aliphatic heterocycles. The first-order valence-electron chi connectivity index (χ1n) is 7.56. The van der Waals surface area contributed by atoms with E-state index in [-0.39, 0.29) is 0 Å². The minimum Gasteiger partial charge on any atom is -0.0883 e. The summed E-state index contributed by atoms with van der Waals surface area (Å²) in [4.78, 5) is 0. The Kier molecular flexibility index (Phi) is 5.94. The van der Waals surface area contributed by atoms with Crippen LogP contribution in [-0.2, 0) is 0 Å². The quantitative estimate of drug-likeness (QED) is 0.350. The van der Waals surface area contributed by atoms with E-state index in [4.69, 9.17) is 11.6 Å². The van der Waals surface area contributed by atoms with Crippen LogP contribution in [0.5, 0.6) is 0 Å². The maximum atomic E-state index is 6.01. The number of hydrogen-bond donors (Lipinski definition) is 0. The van der Waals surface area contributed by atoms with Crippen molar-refractivity contribution in [2.24, 2.45) is 0 Å². The van der Waals surface area contributed by atoms with E-state index in [9.17, 15) is 0 Å². The summed E-state index contributed by atoms with van der Waals surface area (Å²) >= 11 is 13.0. The number of benzene rings is 3. The molecule has 0 saturated heterocycles. The first-order chi connectivity index (χ1) is 11.7. The van der Waals surface area contributed by atoms with E-state index in [2.05, 4.69) is 98.6 Å². The lowest BCUT2D eigenvalue weighted by Crippen LogP contribution is -1.89. The normalized spacial score (nSPS) is 11.5. The number of rotatable bonds is 4. The molecule has 120 valence electrons. The van der Waals surface area contributed by atoms with Gasteiger partial charge in [-0.25, -0.2) is 0 Å². The number of alkyl halides is 1. The van der Waals surface area contributed by atoms with E-state index >= 15 is 0 Å². The summed E-state index contributed by atoms with van der Waals surface area (Å²) in [6, 6.07) is 25.0. The van der Waals surface area contributed by atoms with Gasteiger partial charge >= 0.3 is 0 Å². The highest BCUT2D eigenvalue weighted by molar-refractivity contribution is 9.10. The van der Waals surface area contributed by atoms with Gasteiger partial charge in [0.2, 0.25) is 0 Å². The maximum absolute atomic E-state index is 6.01. The molecule has 0 unspecified atom stereocenters. The lowest BCUT2D eigenvalue weighted by Gasteiger charge is -2.10. The summed E-state index contributed by atoms with van der Waals surface area (Å²) in [5.74, 6) is 0. The summed E-state index contributed by atoms with van der Waals surface area (Å²) < 4.78 is 1.09. The van der Waals surface area contributed by atoms with Gasteiger partial charge in [0.05, 0.1) is 0 Å². The minimum absolute atomic E-state index is 0.752. The van der Waals surface area contributed by atoms with Gasteiger partial charge in [0.25, 0.3) is 0 Å². The molecule has 3 heteroatoms. The van der Waals surface area contributed by atoms with Crippen molar-refractivity contribution < 1.29 is 0 Å². The molecule has 0 aliphatic rings. The van der Waals surface area contributed by atoms with Crippen LogP contribution in [-0.4, -0.2) is 5.33 Å². The largest absolute Gasteiger partial charge is 0.0883 e. The van der Waals surface area contributed by atoms with E-state index in [1.165, 1.54) is 22.3 Å². The van der Waals surface area contributed by atoms with Crippen LogP contribution in [0.3, 0.4) is 0 Å². The fourth-order valence-corrected chi connectivity index (χ4v) is 3.31. The molecule has 0 radical (unpaired) electrons. The molecule has 0 bridgehead atoms. The third kappa shape index (κ3) is 4.18. The molecule has 0 N–H and O–H groups in total. The van der Waals surface area contributed by atoms with Gasteiger partial charge in [-0.2, -0.15) is 0 Å². The van der Waals surface area contributed by atoms with Crippen molar-refractivity contribution in [2.75, 3.05) is 5.33 Å². The topological polar surface area (TPSA) is 0 Å². The molecule has 0 saturated carbocycles. The van der Waals surface area contributed by atoms with Gasteiger partial charge in [-0.1, -0.05) is 98.1 Å². The molecule has 0 heterocycles. The lowest BCUT2D eigenvalue weighted by atomic mass is 9.95. The zero-order valence-corrected chi connectivity index (χ0v) is 16.8. The first-order valence-corrected chi connectivity index (χ1v) is 9.85. The van der Waals surface area contributed by atoms with Crippen molar-refractivity contribution in [2.45, 2.75) is 0 Å². The second-order valence-electron chi connectivity index (χ2n) is 5.36. The van der Waals surface area contributed by atoms with Gasteiger partial charge in [-0.05, 0) is 52.1 Å². The first kappa shape index (κ1) is 17.5. The highest BCUT2D eigenvalue weighted by Gasteiger charge is 2.06. The molecule has 0 amide bonds. The zero-order valence-electron chi connectivity index (χ0n) is 12.8. The van der Waals surface area contributed by atoms with E-state index in [0.29, 0.717) is 0 Å². The summed E-state index contributed by atoms with van der Waals surface area (Å²) in [6.45, 7) is 0. The number of allylic oxidation sites excluding steroid dienone is 1. The molecule has 24 heavy (non-hydrogen) atoms. The van der Waals surface area contributed by atoms with E-state index in [1.807, 2.05) is 12.1 Å². The van der Waals surface area contributed by atoms with Gasteiger partial charge in [0.1, 0.15) is 0 Å². The molecule has 0 aromatic heterocycles. The Bertz CT molecular complexity index is 833. The molecule has 0 fully saturated rings. The molecule has 0 aliphatic carbocycles. The Morgan fingerprint density at radius 2 is 1.21 bits per heavy atom. The molecular formula is C21H15Br2Cl. The van der Waals surface area contributed by atoms with E-state index in [1.54, 1.807) is 0 Å². The summed E-state index contributed by atoms with van der Waals surface area (Å²) in [6.07, 6.45) is 2.18. The van der Waals surface area contributed by atoms with Crippen LogP contribution in [0.25, 0.3) is 16.7 Å². The highest BCUT2D eigenvalue weighted by atomic mass is 79.9. The third-order valence-corrected chi connectivity index (χ3v) is 4.91. The molecule has 3 aromatic carbocycles. The Balaban J connectivity index is 1.94. The smallest absolute Gasteiger partial charge is 0.0406 e. The number of halogens is 3. The molecule has 0 nitrogen and oxygen atoms in total. The highest BCUT2D eigenvalue weighted by Crippen LogP contribution is 2.28. The summed E-state index contributed by atoms with van der Waals surface area (Å²) in [7, 11) is 0. The molecular weight excluding hydrogens is 447 g/mol. The molecule has 3 aromatic rings. The lowest BCUT2D eigenvalue weighted by molar-refractivity contribution is 1.52. The fraction of sp³-hybridized carbons (Fsp3) is 0.0476. The van der Waals surface area contributed by atoms with Crippen molar-refractivity contribution >= 4 is 49.0 Å². The van der Waals surface area contributed by atoms with E-state index < -0.39 is 0 Å². The van der Waals surface area contributed by atoms with Crippen molar-refractivity contribution in [1.82, 2.24) is 0 Å². The zero-order chi connectivity index (χ0) is 16.9. The predicted molar refractivity (Wildman–Crippen MR) is 112 cm³/mol. The van der Waals surface area contributed by atoms with Gasteiger partial charge < -0.3 is 0 Å². The van der Waals surface area contributed by atoms with Crippen molar-refractivity contribution in [3.05, 3.63) is 99.5 Å². The van der Waals surface area contributed by atoms with Crippen LogP contribution < -0.4 is 0 Å².